The van der Waals surface area contributed by atoms with E-state index < -0.39 is 11.9 Å². The first-order valence-electron chi connectivity index (χ1n) is 9.87. The third-order valence-electron chi connectivity index (χ3n) is 5.13. The summed E-state index contributed by atoms with van der Waals surface area (Å²) < 4.78 is 15.3. The number of hydrogen-bond acceptors (Lipinski definition) is 8. The zero-order valence-electron chi connectivity index (χ0n) is 17.4. The number of carbonyl (C=O) groups excluding carboxylic acids is 2. The largest absolute Gasteiger partial charge is 0.465 e. The van der Waals surface area contributed by atoms with Crippen molar-refractivity contribution in [3.8, 4) is 23.8 Å². The number of aryl methyl sites for hydroxylation is 1. The molecule has 1 aromatic carbocycles. The molecular formula is C23H21N3O5. The number of ether oxygens (including phenoxy) is 3. The van der Waals surface area contributed by atoms with E-state index in [0.717, 1.165) is 36.9 Å². The number of methoxy groups -OCH3 is 2. The van der Waals surface area contributed by atoms with E-state index in [-0.39, 0.29) is 33.9 Å². The highest BCUT2D eigenvalue weighted by Gasteiger charge is 2.23. The van der Waals surface area contributed by atoms with Crippen LogP contribution in [0.2, 0.25) is 0 Å². The second kappa shape index (κ2) is 9.73. The minimum Gasteiger partial charge on any atom is -0.465 e. The van der Waals surface area contributed by atoms with Gasteiger partial charge in [0, 0.05) is 5.69 Å². The maximum Gasteiger partial charge on any atom is 0.338 e. The minimum atomic E-state index is -0.667. The summed E-state index contributed by atoms with van der Waals surface area (Å²) in [4.78, 5) is 28.6. The van der Waals surface area contributed by atoms with Crippen LogP contribution in [-0.2, 0) is 22.3 Å². The van der Waals surface area contributed by atoms with E-state index >= 15 is 0 Å². The number of fused-ring (bicyclic) bond motifs is 1. The molecule has 1 aliphatic carbocycles. The Labute approximate surface area is 180 Å². The molecule has 0 fully saturated rings. The van der Waals surface area contributed by atoms with Crippen LogP contribution >= 0.6 is 0 Å². The highest BCUT2D eigenvalue weighted by atomic mass is 16.5. The Morgan fingerprint density at radius 3 is 2.00 bits per heavy atom. The molecule has 0 saturated heterocycles. The molecule has 0 saturated carbocycles. The number of nitrogens with zero attached hydrogens (tertiary/aromatic N) is 3. The smallest absolute Gasteiger partial charge is 0.338 e. The quantitative estimate of drug-likeness (QED) is 0.685. The van der Waals surface area contributed by atoms with Crippen LogP contribution in [0.3, 0.4) is 0 Å². The number of nitriles is 2. The van der Waals surface area contributed by atoms with E-state index in [1.54, 1.807) is 0 Å². The normalized spacial score (nSPS) is 12.9. The molecule has 1 heterocycles. The van der Waals surface area contributed by atoms with E-state index in [1.165, 1.54) is 32.4 Å². The Bertz CT molecular complexity index is 1080. The Kier molecular flexibility index (Phi) is 6.84. The molecular weight excluding hydrogens is 398 g/mol. The number of aromatic nitrogens is 1. The standard InChI is InChI=1S/C23H21N3O5/c1-29-22(27)14-9-15(23(28)30-2)11-16(10-14)31-21-19(13-25)18(12-24)17-7-5-3-4-6-8-20(17)26-21/h9-11H,3-8H2,1-2H3. The van der Waals surface area contributed by atoms with Crippen LogP contribution in [0, 0.1) is 22.7 Å². The maximum absolute atomic E-state index is 12.0. The number of carbonyl (C=O) groups is 2. The highest BCUT2D eigenvalue weighted by Crippen LogP contribution is 2.32. The molecule has 8 nitrogen and oxygen atoms in total. The van der Waals surface area contributed by atoms with Crippen molar-refractivity contribution in [2.75, 3.05) is 14.2 Å². The number of benzene rings is 1. The van der Waals surface area contributed by atoms with Crippen molar-refractivity contribution >= 4 is 11.9 Å². The van der Waals surface area contributed by atoms with Crippen LogP contribution in [0.25, 0.3) is 0 Å². The van der Waals surface area contributed by atoms with Gasteiger partial charge >= 0.3 is 11.9 Å². The molecule has 3 rings (SSSR count). The Balaban J connectivity index is 2.13. The lowest BCUT2D eigenvalue weighted by atomic mass is 9.92. The molecule has 0 atom stereocenters. The third-order valence-corrected chi connectivity index (χ3v) is 5.13. The van der Waals surface area contributed by atoms with E-state index in [9.17, 15) is 20.1 Å². The number of pyridine rings is 1. The molecule has 0 spiro atoms. The molecule has 158 valence electrons. The van der Waals surface area contributed by atoms with E-state index in [4.69, 9.17) is 14.2 Å². The minimum absolute atomic E-state index is 0.0313. The lowest BCUT2D eigenvalue weighted by Gasteiger charge is -2.18. The fourth-order valence-corrected chi connectivity index (χ4v) is 3.61. The van der Waals surface area contributed by atoms with Crippen molar-refractivity contribution in [1.29, 1.82) is 10.5 Å². The monoisotopic (exact) mass is 419 g/mol. The van der Waals surface area contributed by atoms with Crippen LogP contribution in [0.4, 0.5) is 0 Å². The fourth-order valence-electron chi connectivity index (χ4n) is 3.61. The molecule has 1 aliphatic rings. The zero-order valence-corrected chi connectivity index (χ0v) is 17.4. The molecule has 0 N–H and O–H groups in total. The zero-order chi connectivity index (χ0) is 22.4. The second-order valence-corrected chi connectivity index (χ2v) is 7.06. The molecule has 0 unspecified atom stereocenters. The van der Waals surface area contributed by atoms with E-state index in [2.05, 4.69) is 11.1 Å². The van der Waals surface area contributed by atoms with E-state index in [1.807, 2.05) is 6.07 Å². The lowest BCUT2D eigenvalue weighted by Crippen LogP contribution is -2.10. The summed E-state index contributed by atoms with van der Waals surface area (Å²) in [6, 6.07) is 8.24. The summed E-state index contributed by atoms with van der Waals surface area (Å²) in [5.41, 5.74) is 1.98. The van der Waals surface area contributed by atoms with Gasteiger partial charge in [0.1, 0.15) is 23.5 Å². The summed E-state index contributed by atoms with van der Waals surface area (Å²) in [7, 11) is 2.44. The van der Waals surface area contributed by atoms with Crippen LogP contribution in [0.1, 0.15) is 68.8 Å². The average molecular weight is 419 g/mol. The Morgan fingerprint density at radius 2 is 1.45 bits per heavy atom. The van der Waals surface area contributed by atoms with Gasteiger partial charge in [0.05, 0.1) is 30.9 Å². The predicted molar refractivity (Wildman–Crippen MR) is 109 cm³/mol. The van der Waals surface area contributed by atoms with Gasteiger partial charge in [0.15, 0.2) is 0 Å². The van der Waals surface area contributed by atoms with Crippen molar-refractivity contribution < 1.29 is 23.8 Å². The first-order valence-corrected chi connectivity index (χ1v) is 9.87. The lowest BCUT2D eigenvalue weighted by molar-refractivity contribution is 0.0598. The van der Waals surface area contributed by atoms with Crippen LogP contribution in [0.5, 0.6) is 11.6 Å². The van der Waals surface area contributed by atoms with Crippen molar-refractivity contribution in [3.05, 3.63) is 51.7 Å². The molecule has 8 heteroatoms. The van der Waals surface area contributed by atoms with Gasteiger partial charge in [0.2, 0.25) is 5.88 Å². The first-order chi connectivity index (χ1) is 15.0. The molecule has 0 amide bonds. The average Bonchev–Trinajstić information content (AvgIpc) is 2.77. The van der Waals surface area contributed by atoms with Gasteiger partial charge in [-0.3, -0.25) is 0 Å². The van der Waals surface area contributed by atoms with Crippen LogP contribution in [-0.4, -0.2) is 31.1 Å². The van der Waals surface area contributed by atoms with Crippen molar-refractivity contribution in [3.63, 3.8) is 0 Å². The molecule has 1 aromatic heterocycles. The highest BCUT2D eigenvalue weighted by molar-refractivity contribution is 5.96. The summed E-state index contributed by atoms with van der Waals surface area (Å²) in [5, 5.41) is 19.5. The summed E-state index contributed by atoms with van der Waals surface area (Å²) in [5.74, 6) is -1.27. The Morgan fingerprint density at radius 1 is 0.871 bits per heavy atom. The maximum atomic E-state index is 12.0. The summed E-state index contributed by atoms with van der Waals surface area (Å²) >= 11 is 0. The van der Waals surface area contributed by atoms with Crippen molar-refractivity contribution in [2.24, 2.45) is 0 Å². The van der Waals surface area contributed by atoms with Gasteiger partial charge in [0.25, 0.3) is 0 Å². The number of esters is 2. The Hall–Kier alpha value is -3.91. The van der Waals surface area contributed by atoms with E-state index in [0.29, 0.717) is 12.8 Å². The third kappa shape index (κ3) is 4.65. The molecule has 2 aromatic rings. The summed E-state index contributed by atoms with van der Waals surface area (Å²) in [6.45, 7) is 0. The van der Waals surface area contributed by atoms with Crippen LogP contribution in [0.15, 0.2) is 18.2 Å². The van der Waals surface area contributed by atoms with Gasteiger partial charge in [-0.05, 0) is 49.4 Å². The molecule has 0 radical (unpaired) electrons. The number of hydrogen-bond donors (Lipinski definition) is 0. The summed E-state index contributed by atoms with van der Waals surface area (Å²) in [6.07, 6.45) is 5.37. The number of rotatable bonds is 4. The SMILES string of the molecule is COC(=O)c1cc(Oc2nc3c(c(C#N)c2C#N)CCCCCC3)cc(C(=O)OC)c1. The van der Waals surface area contributed by atoms with Crippen molar-refractivity contribution in [1.82, 2.24) is 4.98 Å². The first kappa shape index (κ1) is 21.8. The van der Waals surface area contributed by atoms with Crippen molar-refractivity contribution in [2.45, 2.75) is 38.5 Å². The second-order valence-electron chi connectivity index (χ2n) is 7.06. The van der Waals surface area contributed by atoms with Crippen LogP contribution < -0.4 is 4.74 Å². The fraction of sp³-hybridized carbons (Fsp3) is 0.348. The predicted octanol–water partition coefficient (Wildman–Crippen LogP) is 3.85. The topological polar surface area (TPSA) is 122 Å². The molecule has 0 aliphatic heterocycles. The van der Waals surface area contributed by atoms with Gasteiger partial charge in [-0.2, -0.15) is 10.5 Å². The molecule has 31 heavy (non-hydrogen) atoms. The van der Waals surface area contributed by atoms with Gasteiger partial charge in [-0.25, -0.2) is 14.6 Å². The van der Waals surface area contributed by atoms with Gasteiger partial charge in [-0.1, -0.05) is 12.8 Å². The van der Waals surface area contributed by atoms with Gasteiger partial charge in [-0.15, -0.1) is 0 Å². The van der Waals surface area contributed by atoms with Gasteiger partial charge < -0.3 is 14.2 Å². The molecule has 0 bridgehead atoms.